The van der Waals surface area contributed by atoms with E-state index in [1.807, 2.05) is 10.6 Å². The first kappa shape index (κ1) is 16.1. The van der Waals surface area contributed by atoms with Gasteiger partial charge >= 0.3 is 0 Å². The summed E-state index contributed by atoms with van der Waals surface area (Å²) >= 11 is 0. The van der Waals surface area contributed by atoms with Crippen molar-refractivity contribution < 1.29 is 9.90 Å². The maximum Gasteiger partial charge on any atom is 0.217 e. The van der Waals surface area contributed by atoms with Gasteiger partial charge in [-0.05, 0) is 26.0 Å². The number of nitrogens with two attached hydrogens (primary N) is 1. The molecule has 8 heteroatoms. The number of nitrogens with zero attached hydrogens (tertiary/aromatic N) is 4. The summed E-state index contributed by atoms with van der Waals surface area (Å²) in [7, 11) is 0. The highest BCUT2D eigenvalue weighted by Gasteiger charge is 2.22. The number of rotatable bonds is 4. The van der Waals surface area contributed by atoms with Crippen LogP contribution in [-0.2, 0) is 17.9 Å². The van der Waals surface area contributed by atoms with Gasteiger partial charge in [-0.25, -0.2) is 9.97 Å². The van der Waals surface area contributed by atoms with Gasteiger partial charge in [-0.15, -0.1) is 0 Å². The molecule has 3 aromatic heterocycles. The zero-order chi connectivity index (χ0) is 17.5. The highest BCUT2D eigenvalue weighted by atomic mass is 16.3. The van der Waals surface area contributed by atoms with Gasteiger partial charge in [0.05, 0.1) is 24.2 Å². The molecule has 0 fully saturated rings. The number of nitrogens with one attached hydrogen (secondary N) is 1. The van der Waals surface area contributed by atoms with Crippen LogP contribution in [0.4, 0.5) is 5.82 Å². The van der Waals surface area contributed by atoms with Crippen molar-refractivity contribution >= 4 is 33.8 Å². The van der Waals surface area contributed by atoms with Gasteiger partial charge in [0, 0.05) is 13.1 Å². The number of carbonyl (C=O) groups excluding carboxylic acids is 1. The van der Waals surface area contributed by atoms with E-state index in [4.69, 9.17) is 5.73 Å². The first-order valence-electron chi connectivity index (χ1n) is 7.62. The Bertz CT molecular complexity index is 926. The second kappa shape index (κ2) is 5.72. The Morgan fingerprint density at radius 1 is 1.38 bits per heavy atom. The standard InChI is InChI=1S/C16H20N6O2/c1-9(23)19-7-11-21-13-14(22(11)8-16(2,3)24)12-10(20-15(13)17)5-4-6-18-12/h4-6,24H,7-8H2,1-3H3,(H2,17,20)(H,19,23). The molecule has 0 atom stereocenters. The predicted octanol–water partition coefficient (Wildman–Crippen LogP) is 0.969. The lowest BCUT2D eigenvalue weighted by Gasteiger charge is -2.20. The lowest BCUT2D eigenvalue weighted by Crippen LogP contribution is -2.29. The number of hydrogen-bond donors (Lipinski definition) is 3. The van der Waals surface area contributed by atoms with Gasteiger partial charge in [0.1, 0.15) is 22.4 Å². The smallest absolute Gasteiger partial charge is 0.217 e. The average Bonchev–Trinajstić information content (AvgIpc) is 2.83. The molecule has 3 heterocycles. The van der Waals surface area contributed by atoms with E-state index < -0.39 is 5.60 Å². The van der Waals surface area contributed by atoms with E-state index in [1.165, 1.54) is 6.92 Å². The SMILES string of the molecule is CC(=O)NCc1nc2c(N)nc3cccnc3c2n1CC(C)(C)O. The molecule has 0 aromatic carbocycles. The third-order valence-electron chi connectivity index (χ3n) is 3.58. The van der Waals surface area contributed by atoms with Crippen LogP contribution in [0.1, 0.15) is 26.6 Å². The van der Waals surface area contributed by atoms with Gasteiger partial charge in [0.15, 0.2) is 5.82 Å². The molecular formula is C16H20N6O2. The van der Waals surface area contributed by atoms with Crippen LogP contribution in [0.5, 0.6) is 0 Å². The van der Waals surface area contributed by atoms with Crippen LogP contribution >= 0.6 is 0 Å². The number of pyridine rings is 2. The Labute approximate surface area is 138 Å². The minimum atomic E-state index is -0.974. The zero-order valence-electron chi connectivity index (χ0n) is 13.9. The number of nitrogen functional groups attached to an aromatic ring is 1. The Kier molecular flexibility index (Phi) is 3.84. The number of fused-ring (bicyclic) bond motifs is 3. The number of anilines is 1. The molecule has 3 aromatic rings. The van der Waals surface area contributed by atoms with Crippen LogP contribution in [0.15, 0.2) is 18.3 Å². The van der Waals surface area contributed by atoms with Crippen molar-refractivity contribution in [1.29, 1.82) is 0 Å². The highest BCUT2D eigenvalue weighted by molar-refractivity contribution is 6.04. The van der Waals surface area contributed by atoms with Gasteiger partial charge in [0.25, 0.3) is 0 Å². The van der Waals surface area contributed by atoms with Gasteiger partial charge in [-0.1, -0.05) is 0 Å². The second-order valence-corrected chi connectivity index (χ2v) is 6.40. The van der Waals surface area contributed by atoms with Crippen molar-refractivity contribution in [3.8, 4) is 0 Å². The lowest BCUT2D eigenvalue weighted by atomic mass is 10.1. The van der Waals surface area contributed by atoms with Crippen molar-refractivity contribution in [3.05, 3.63) is 24.2 Å². The maximum atomic E-state index is 11.3. The summed E-state index contributed by atoms with van der Waals surface area (Å²) in [6.45, 7) is 5.37. The average molecular weight is 328 g/mol. The molecule has 126 valence electrons. The summed E-state index contributed by atoms with van der Waals surface area (Å²) in [6, 6.07) is 3.61. The van der Waals surface area contributed by atoms with Gasteiger partial charge in [-0.2, -0.15) is 0 Å². The molecule has 0 aliphatic heterocycles. The molecule has 1 amide bonds. The van der Waals surface area contributed by atoms with Crippen LogP contribution in [0, 0.1) is 0 Å². The molecular weight excluding hydrogens is 308 g/mol. The Hall–Kier alpha value is -2.74. The normalized spacial score (nSPS) is 12.0. The number of hydrogen-bond acceptors (Lipinski definition) is 6. The van der Waals surface area contributed by atoms with E-state index in [0.29, 0.717) is 33.7 Å². The molecule has 0 aliphatic rings. The molecule has 4 N–H and O–H groups in total. The monoisotopic (exact) mass is 328 g/mol. The summed E-state index contributed by atoms with van der Waals surface area (Å²) in [5.41, 5.74) is 7.63. The third kappa shape index (κ3) is 3.00. The van der Waals surface area contributed by atoms with E-state index >= 15 is 0 Å². The molecule has 8 nitrogen and oxygen atoms in total. The predicted molar refractivity (Wildman–Crippen MR) is 91.1 cm³/mol. The largest absolute Gasteiger partial charge is 0.389 e. The summed E-state index contributed by atoms with van der Waals surface area (Å²) in [5, 5.41) is 13.0. The summed E-state index contributed by atoms with van der Waals surface area (Å²) in [5.74, 6) is 0.726. The lowest BCUT2D eigenvalue weighted by molar-refractivity contribution is -0.119. The fraction of sp³-hybridized carbons (Fsp3) is 0.375. The van der Waals surface area contributed by atoms with E-state index in [2.05, 4.69) is 20.3 Å². The quantitative estimate of drug-likeness (QED) is 0.656. The fourth-order valence-corrected chi connectivity index (χ4v) is 2.67. The highest BCUT2D eigenvalue weighted by Crippen LogP contribution is 2.28. The van der Waals surface area contributed by atoms with Crippen LogP contribution in [0.25, 0.3) is 22.1 Å². The number of aromatic nitrogens is 4. The van der Waals surface area contributed by atoms with Crippen LogP contribution in [0.2, 0.25) is 0 Å². The maximum absolute atomic E-state index is 11.3. The van der Waals surface area contributed by atoms with Gasteiger partial charge in [0.2, 0.25) is 5.91 Å². The molecule has 0 bridgehead atoms. The van der Waals surface area contributed by atoms with E-state index in [9.17, 15) is 9.90 Å². The van der Waals surface area contributed by atoms with Crippen LogP contribution in [-0.4, -0.2) is 36.1 Å². The molecule has 0 radical (unpaired) electrons. The van der Waals surface area contributed by atoms with Gasteiger partial charge < -0.3 is 20.7 Å². The first-order valence-corrected chi connectivity index (χ1v) is 7.62. The number of amides is 1. The molecule has 24 heavy (non-hydrogen) atoms. The Balaban J connectivity index is 2.30. The Morgan fingerprint density at radius 2 is 2.12 bits per heavy atom. The number of imidazole rings is 1. The minimum Gasteiger partial charge on any atom is -0.389 e. The van der Waals surface area contributed by atoms with Crippen molar-refractivity contribution in [1.82, 2.24) is 24.8 Å². The second-order valence-electron chi connectivity index (χ2n) is 6.40. The third-order valence-corrected chi connectivity index (χ3v) is 3.58. The van der Waals surface area contributed by atoms with Crippen LogP contribution < -0.4 is 11.1 Å². The molecule has 0 aliphatic carbocycles. The topological polar surface area (TPSA) is 119 Å². The van der Waals surface area contributed by atoms with E-state index in [0.717, 1.165) is 0 Å². The van der Waals surface area contributed by atoms with Crippen LogP contribution in [0.3, 0.4) is 0 Å². The molecule has 0 saturated carbocycles. The van der Waals surface area contributed by atoms with Crippen molar-refractivity contribution in [2.45, 2.75) is 39.5 Å². The van der Waals surface area contributed by atoms with E-state index in [-0.39, 0.29) is 19.0 Å². The molecule has 0 spiro atoms. The molecule has 3 rings (SSSR count). The first-order chi connectivity index (χ1) is 11.3. The van der Waals surface area contributed by atoms with Crippen molar-refractivity contribution in [2.24, 2.45) is 0 Å². The van der Waals surface area contributed by atoms with Crippen molar-refractivity contribution in [2.75, 3.05) is 5.73 Å². The fourth-order valence-electron chi connectivity index (χ4n) is 2.67. The minimum absolute atomic E-state index is 0.161. The summed E-state index contributed by atoms with van der Waals surface area (Å²) in [6.07, 6.45) is 1.68. The van der Waals surface area contributed by atoms with Gasteiger partial charge in [-0.3, -0.25) is 9.78 Å². The van der Waals surface area contributed by atoms with E-state index in [1.54, 1.807) is 26.1 Å². The summed E-state index contributed by atoms with van der Waals surface area (Å²) < 4.78 is 1.85. The molecule has 0 unspecified atom stereocenters. The number of carbonyl (C=O) groups is 1. The zero-order valence-corrected chi connectivity index (χ0v) is 13.9. The van der Waals surface area contributed by atoms with Crippen molar-refractivity contribution in [3.63, 3.8) is 0 Å². The molecule has 0 saturated heterocycles. The Morgan fingerprint density at radius 3 is 2.79 bits per heavy atom. The number of aliphatic hydroxyl groups is 1. The summed E-state index contributed by atoms with van der Waals surface area (Å²) in [4.78, 5) is 24.5.